The summed E-state index contributed by atoms with van der Waals surface area (Å²) in [5.41, 5.74) is 5.06. The van der Waals surface area contributed by atoms with Crippen molar-refractivity contribution >= 4 is 23.1 Å². The number of benzene rings is 2. The molecule has 0 spiro atoms. The van der Waals surface area contributed by atoms with Gasteiger partial charge in [0, 0.05) is 60.3 Å². The fourth-order valence-corrected chi connectivity index (χ4v) is 4.35. The highest BCUT2D eigenvalue weighted by atomic mass is 19.1. The molecule has 0 aromatic heterocycles. The molecule has 2 N–H and O–H groups in total. The molecule has 0 radical (unpaired) electrons. The van der Waals surface area contributed by atoms with Gasteiger partial charge < -0.3 is 15.5 Å². The summed E-state index contributed by atoms with van der Waals surface area (Å²) in [6.45, 7) is 1.85. The maximum atomic E-state index is 13.6. The highest BCUT2D eigenvalue weighted by Gasteiger charge is 2.38. The van der Waals surface area contributed by atoms with E-state index in [1.165, 1.54) is 12.1 Å². The van der Waals surface area contributed by atoms with Gasteiger partial charge in [-0.15, -0.1) is 0 Å². The molecule has 1 aliphatic heterocycles. The number of nitrogens with zero attached hydrogens (tertiary/aromatic N) is 1. The number of nitrogens with one attached hydrogen (secondary N) is 2. The standard InChI is InChI=1S/C25H26FN3O2/c1-15-22(25(31)28-18-7-4-6-17(26)14-18)23(16-10-12-19(13-11-16)29(2)3)24-20(27-15)8-5-9-21(24)30/h4,6-7,10-14,23,27H,5,8-9H2,1-3H3,(H,28,31). The number of halogens is 1. The summed E-state index contributed by atoms with van der Waals surface area (Å²) >= 11 is 0. The first-order valence-electron chi connectivity index (χ1n) is 10.4. The van der Waals surface area contributed by atoms with Crippen LogP contribution in [0.1, 0.15) is 37.7 Å². The number of rotatable bonds is 4. The number of dihydropyridines is 1. The molecule has 160 valence electrons. The number of hydrogen-bond acceptors (Lipinski definition) is 4. The second-order valence-electron chi connectivity index (χ2n) is 8.22. The van der Waals surface area contributed by atoms with Crippen LogP contribution in [0, 0.1) is 5.82 Å². The number of anilines is 2. The molecule has 31 heavy (non-hydrogen) atoms. The van der Waals surface area contributed by atoms with E-state index in [1.54, 1.807) is 12.1 Å². The lowest BCUT2D eigenvalue weighted by molar-refractivity contribution is -0.116. The van der Waals surface area contributed by atoms with Crippen molar-refractivity contribution in [3.63, 3.8) is 0 Å². The fourth-order valence-electron chi connectivity index (χ4n) is 4.35. The van der Waals surface area contributed by atoms with Crippen LogP contribution in [-0.2, 0) is 9.59 Å². The average molecular weight is 420 g/mol. The minimum absolute atomic E-state index is 0.0685. The Kier molecular flexibility index (Phi) is 5.63. The molecule has 0 fully saturated rings. The summed E-state index contributed by atoms with van der Waals surface area (Å²) in [7, 11) is 3.93. The third kappa shape index (κ3) is 4.10. The van der Waals surface area contributed by atoms with Crippen LogP contribution in [0.4, 0.5) is 15.8 Å². The van der Waals surface area contributed by atoms with Gasteiger partial charge in [0.25, 0.3) is 5.91 Å². The lowest BCUT2D eigenvalue weighted by atomic mass is 9.75. The number of allylic oxidation sites excluding steroid dienone is 3. The van der Waals surface area contributed by atoms with Crippen LogP contribution >= 0.6 is 0 Å². The Bertz CT molecular complexity index is 1100. The van der Waals surface area contributed by atoms with Crippen LogP contribution in [0.2, 0.25) is 0 Å². The van der Waals surface area contributed by atoms with Crippen LogP contribution in [0.5, 0.6) is 0 Å². The molecule has 0 saturated heterocycles. The Morgan fingerprint density at radius 1 is 1.13 bits per heavy atom. The van der Waals surface area contributed by atoms with Gasteiger partial charge in [0.05, 0.1) is 0 Å². The second kappa shape index (κ2) is 8.38. The summed E-state index contributed by atoms with van der Waals surface area (Å²) in [5, 5.41) is 6.11. The van der Waals surface area contributed by atoms with Crippen molar-refractivity contribution in [2.75, 3.05) is 24.3 Å². The van der Waals surface area contributed by atoms with Crippen molar-refractivity contribution < 1.29 is 14.0 Å². The van der Waals surface area contributed by atoms with Crippen LogP contribution < -0.4 is 15.5 Å². The Morgan fingerprint density at radius 2 is 1.87 bits per heavy atom. The average Bonchev–Trinajstić information content (AvgIpc) is 2.73. The number of carbonyl (C=O) groups excluding carboxylic acids is 2. The smallest absolute Gasteiger partial charge is 0.254 e. The van der Waals surface area contributed by atoms with Crippen molar-refractivity contribution in [3.05, 3.63) is 82.5 Å². The monoisotopic (exact) mass is 419 g/mol. The maximum absolute atomic E-state index is 13.6. The van der Waals surface area contributed by atoms with Gasteiger partial charge in [-0.25, -0.2) is 4.39 Å². The zero-order chi connectivity index (χ0) is 22.1. The second-order valence-corrected chi connectivity index (χ2v) is 8.22. The normalized spacial score (nSPS) is 18.5. The molecule has 1 unspecified atom stereocenters. The van der Waals surface area contributed by atoms with Gasteiger partial charge in [0.2, 0.25) is 0 Å². The van der Waals surface area contributed by atoms with Crippen LogP contribution in [-0.4, -0.2) is 25.8 Å². The first kappa shape index (κ1) is 20.8. The molecule has 2 aliphatic rings. The Morgan fingerprint density at radius 3 is 2.55 bits per heavy atom. The predicted molar refractivity (Wildman–Crippen MR) is 120 cm³/mol. The highest BCUT2D eigenvalue weighted by molar-refractivity contribution is 6.09. The third-order valence-electron chi connectivity index (χ3n) is 5.85. The van der Waals surface area contributed by atoms with E-state index >= 15 is 0 Å². The van der Waals surface area contributed by atoms with Crippen molar-refractivity contribution in [2.24, 2.45) is 0 Å². The van der Waals surface area contributed by atoms with Crippen molar-refractivity contribution in [1.29, 1.82) is 0 Å². The Labute approximate surface area is 181 Å². The quantitative estimate of drug-likeness (QED) is 0.766. The first-order chi connectivity index (χ1) is 14.8. The summed E-state index contributed by atoms with van der Waals surface area (Å²) < 4.78 is 13.6. The molecule has 5 nitrogen and oxygen atoms in total. The predicted octanol–water partition coefficient (Wildman–Crippen LogP) is 4.50. The summed E-state index contributed by atoms with van der Waals surface area (Å²) in [6.07, 6.45) is 2.06. The van der Waals surface area contributed by atoms with E-state index in [4.69, 9.17) is 0 Å². The maximum Gasteiger partial charge on any atom is 0.254 e. The van der Waals surface area contributed by atoms with E-state index in [0.717, 1.165) is 29.8 Å². The van der Waals surface area contributed by atoms with Gasteiger partial charge in [-0.3, -0.25) is 9.59 Å². The molecule has 0 saturated carbocycles. The lowest BCUT2D eigenvalue weighted by Crippen LogP contribution is -2.35. The lowest BCUT2D eigenvalue weighted by Gasteiger charge is -2.34. The van der Waals surface area contributed by atoms with Crippen molar-refractivity contribution in [1.82, 2.24) is 5.32 Å². The van der Waals surface area contributed by atoms with E-state index < -0.39 is 11.7 Å². The van der Waals surface area contributed by atoms with Crippen LogP contribution in [0.3, 0.4) is 0 Å². The molecular formula is C25H26FN3O2. The summed E-state index contributed by atoms with van der Waals surface area (Å²) in [6, 6.07) is 13.7. The Balaban J connectivity index is 1.77. The largest absolute Gasteiger partial charge is 0.378 e. The summed E-state index contributed by atoms with van der Waals surface area (Å²) in [4.78, 5) is 28.3. The van der Waals surface area contributed by atoms with Crippen LogP contribution in [0.15, 0.2) is 71.1 Å². The SMILES string of the molecule is CC1=C(C(=O)Nc2cccc(F)c2)C(c2ccc(N(C)C)cc2)C2=C(CCCC2=O)N1. The fraction of sp³-hybridized carbons (Fsp3) is 0.280. The van der Waals surface area contributed by atoms with E-state index in [0.29, 0.717) is 29.0 Å². The van der Waals surface area contributed by atoms with Gasteiger partial charge in [0.15, 0.2) is 5.78 Å². The molecular weight excluding hydrogens is 393 g/mol. The van der Waals surface area contributed by atoms with Gasteiger partial charge in [-0.05, 0) is 55.7 Å². The van der Waals surface area contributed by atoms with Gasteiger partial charge in [0.1, 0.15) is 5.82 Å². The number of ketones is 1. The number of carbonyl (C=O) groups is 2. The zero-order valence-electron chi connectivity index (χ0n) is 18.0. The zero-order valence-corrected chi connectivity index (χ0v) is 18.0. The minimum Gasteiger partial charge on any atom is -0.378 e. The molecule has 1 aliphatic carbocycles. The van der Waals surface area contributed by atoms with Gasteiger partial charge >= 0.3 is 0 Å². The molecule has 4 rings (SSSR count). The molecule has 6 heteroatoms. The third-order valence-corrected chi connectivity index (χ3v) is 5.85. The Hall–Kier alpha value is -3.41. The highest BCUT2D eigenvalue weighted by Crippen LogP contribution is 2.42. The molecule has 0 bridgehead atoms. The van der Waals surface area contributed by atoms with Crippen molar-refractivity contribution in [2.45, 2.75) is 32.1 Å². The number of Topliss-reactive ketones (excluding diaryl/α,β-unsaturated/α-hetero) is 1. The van der Waals surface area contributed by atoms with Crippen molar-refractivity contribution in [3.8, 4) is 0 Å². The molecule has 2 aromatic carbocycles. The van der Waals surface area contributed by atoms with E-state index in [2.05, 4.69) is 10.6 Å². The van der Waals surface area contributed by atoms with E-state index in [1.807, 2.05) is 50.2 Å². The van der Waals surface area contributed by atoms with E-state index in [9.17, 15) is 14.0 Å². The molecule has 1 atom stereocenters. The minimum atomic E-state index is -0.464. The summed E-state index contributed by atoms with van der Waals surface area (Å²) in [5.74, 6) is -1.16. The van der Waals surface area contributed by atoms with E-state index in [-0.39, 0.29) is 11.7 Å². The van der Waals surface area contributed by atoms with Gasteiger partial charge in [-0.2, -0.15) is 0 Å². The molecule has 1 heterocycles. The van der Waals surface area contributed by atoms with Gasteiger partial charge in [-0.1, -0.05) is 18.2 Å². The number of hydrogen-bond donors (Lipinski definition) is 2. The molecule has 2 aromatic rings. The topological polar surface area (TPSA) is 61.4 Å². The first-order valence-corrected chi connectivity index (χ1v) is 10.4. The molecule has 1 amide bonds. The number of amides is 1. The van der Waals surface area contributed by atoms with Crippen LogP contribution in [0.25, 0.3) is 0 Å².